The van der Waals surface area contributed by atoms with Crippen molar-refractivity contribution in [2.75, 3.05) is 5.32 Å². The van der Waals surface area contributed by atoms with Crippen LogP contribution in [0, 0.1) is 12.3 Å². The first-order valence-electron chi connectivity index (χ1n) is 6.90. The van der Waals surface area contributed by atoms with Gasteiger partial charge >= 0.3 is 0 Å². The number of benzene rings is 1. The van der Waals surface area contributed by atoms with Crippen LogP contribution >= 0.6 is 0 Å². The molecule has 0 radical (unpaired) electrons. The average molecular weight is 312 g/mol. The number of carbonyl (C=O) groups is 1. The van der Waals surface area contributed by atoms with Crippen molar-refractivity contribution >= 4 is 21.6 Å². The molecule has 0 bridgehead atoms. The van der Waals surface area contributed by atoms with Gasteiger partial charge in [-0.2, -0.15) is 0 Å². The molecule has 0 aliphatic carbocycles. The largest absolute Gasteiger partial charge is 0.326 e. The molecule has 0 saturated heterocycles. The highest BCUT2D eigenvalue weighted by Gasteiger charge is 2.19. The van der Waals surface area contributed by atoms with Gasteiger partial charge in [-0.05, 0) is 42.0 Å². The number of nitrogens with one attached hydrogen (secondary N) is 1. The predicted octanol–water partition coefficient (Wildman–Crippen LogP) is 2.58. The zero-order valence-electron chi connectivity index (χ0n) is 13.3. The molecule has 0 atom stereocenters. The molecule has 0 unspecified atom stereocenters. The van der Waals surface area contributed by atoms with Crippen LogP contribution in [0.5, 0.6) is 0 Å². The second kappa shape index (κ2) is 6.15. The molecule has 0 fully saturated rings. The number of anilines is 1. The first-order chi connectivity index (χ1) is 9.44. The zero-order valence-corrected chi connectivity index (χ0v) is 14.1. The number of carbonyl (C=O) groups excluding carboxylic acids is 1. The van der Waals surface area contributed by atoms with E-state index in [9.17, 15) is 13.2 Å². The van der Waals surface area contributed by atoms with E-state index in [0.717, 1.165) is 5.56 Å². The molecule has 118 valence electrons. The van der Waals surface area contributed by atoms with Gasteiger partial charge in [0.25, 0.3) is 0 Å². The van der Waals surface area contributed by atoms with Gasteiger partial charge < -0.3 is 5.32 Å². The van der Waals surface area contributed by atoms with Crippen LogP contribution in [0.25, 0.3) is 0 Å². The molecular formula is C15H24N2O3S. The van der Waals surface area contributed by atoms with Crippen LogP contribution in [-0.2, 0) is 21.2 Å². The standard InChI is InChI=1S/C15H24N2O3S/c1-6-11-8-12(21(16,19)20)7-10(2)14(11)17-13(18)9-15(3,4)5/h7-8H,6,9H2,1-5H3,(H,17,18)(H2,16,19,20). The number of nitrogens with two attached hydrogens (primary N) is 1. The number of hydrogen-bond donors (Lipinski definition) is 2. The lowest BCUT2D eigenvalue weighted by Crippen LogP contribution is -2.21. The van der Waals surface area contributed by atoms with Crippen LogP contribution in [0.2, 0.25) is 0 Å². The monoisotopic (exact) mass is 312 g/mol. The van der Waals surface area contributed by atoms with Gasteiger partial charge in [-0.25, -0.2) is 13.6 Å². The number of rotatable bonds is 4. The van der Waals surface area contributed by atoms with E-state index in [0.29, 0.717) is 24.1 Å². The summed E-state index contributed by atoms with van der Waals surface area (Å²) >= 11 is 0. The maximum Gasteiger partial charge on any atom is 0.238 e. The van der Waals surface area contributed by atoms with Crippen LogP contribution in [-0.4, -0.2) is 14.3 Å². The number of hydrogen-bond acceptors (Lipinski definition) is 3. The minimum atomic E-state index is -3.74. The summed E-state index contributed by atoms with van der Waals surface area (Å²) in [7, 11) is -3.74. The Kier molecular flexibility index (Phi) is 5.17. The molecule has 5 nitrogen and oxygen atoms in total. The van der Waals surface area contributed by atoms with Gasteiger partial charge in [-0.3, -0.25) is 4.79 Å². The molecule has 1 amide bonds. The van der Waals surface area contributed by atoms with E-state index in [1.54, 1.807) is 6.92 Å². The molecule has 0 heterocycles. The minimum Gasteiger partial charge on any atom is -0.326 e. The Morgan fingerprint density at radius 2 is 1.86 bits per heavy atom. The summed E-state index contributed by atoms with van der Waals surface area (Å²) in [6.07, 6.45) is 1.00. The van der Waals surface area contributed by atoms with Crippen LogP contribution in [0.4, 0.5) is 5.69 Å². The Balaban J connectivity index is 3.17. The van der Waals surface area contributed by atoms with Crippen LogP contribution < -0.4 is 10.5 Å². The van der Waals surface area contributed by atoms with Crippen molar-refractivity contribution in [3.63, 3.8) is 0 Å². The summed E-state index contributed by atoms with van der Waals surface area (Å²) < 4.78 is 22.9. The molecule has 1 aromatic rings. The topological polar surface area (TPSA) is 89.3 Å². The molecule has 0 aliphatic rings. The second-order valence-corrected chi connectivity index (χ2v) is 8.02. The van der Waals surface area contributed by atoms with Gasteiger partial charge in [0.1, 0.15) is 0 Å². The molecule has 0 spiro atoms. The lowest BCUT2D eigenvalue weighted by atomic mass is 9.92. The Hall–Kier alpha value is -1.40. The third kappa shape index (κ3) is 5.13. The quantitative estimate of drug-likeness (QED) is 0.895. The van der Waals surface area contributed by atoms with Crippen molar-refractivity contribution in [1.29, 1.82) is 0 Å². The Bertz CT molecular complexity index is 644. The molecule has 3 N–H and O–H groups in total. The van der Waals surface area contributed by atoms with Gasteiger partial charge in [-0.1, -0.05) is 27.7 Å². The van der Waals surface area contributed by atoms with E-state index in [4.69, 9.17) is 5.14 Å². The fourth-order valence-electron chi connectivity index (χ4n) is 2.11. The van der Waals surface area contributed by atoms with Crippen molar-refractivity contribution in [1.82, 2.24) is 0 Å². The van der Waals surface area contributed by atoms with Gasteiger partial charge in [0, 0.05) is 12.1 Å². The lowest BCUT2D eigenvalue weighted by molar-refractivity contribution is -0.117. The van der Waals surface area contributed by atoms with Gasteiger partial charge in [-0.15, -0.1) is 0 Å². The fourth-order valence-corrected chi connectivity index (χ4v) is 2.76. The van der Waals surface area contributed by atoms with Crippen molar-refractivity contribution in [2.45, 2.75) is 52.4 Å². The maximum atomic E-state index is 12.1. The number of sulfonamides is 1. The summed E-state index contributed by atoms with van der Waals surface area (Å²) in [4.78, 5) is 12.2. The van der Waals surface area contributed by atoms with Crippen molar-refractivity contribution in [3.8, 4) is 0 Å². The first-order valence-corrected chi connectivity index (χ1v) is 8.45. The lowest BCUT2D eigenvalue weighted by Gasteiger charge is -2.19. The Morgan fingerprint density at radius 3 is 2.29 bits per heavy atom. The highest BCUT2D eigenvalue weighted by Crippen LogP contribution is 2.27. The minimum absolute atomic E-state index is 0.0747. The number of primary sulfonamides is 1. The summed E-state index contributed by atoms with van der Waals surface area (Å²) in [5.41, 5.74) is 2.03. The van der Waals surface area contributed by atoms with E-state index >= 15 is 0 Å². The van der Waals surface area contributed by atoms with Gasteiger partial charge in [0.15, 0.2) is 0 Å². The highest BCUT2D eigenvalue weighted by molar-refractivity contribution is 7.89. The number of amides is 1. The van der Waals surface area contributed by atoms with Crippen LogP contribution in [0.1, 0.15) is 45.2 Å². The Labute approximate surface area is 127 Å². The molecule has 1 aromatic carbocycles. The van der Waals surface area contributed by atoms with Gasteiger partial charge in [0.2, 0.25) is 15.9 Å². The molecule has 0 aromatic heterocycles. The molecule has 1 rings (SSSR count). The van der Waals surface area contributed by atoms with Crippen LogP contribution in [0.3, 0.4) is 0 Å². The molecule has 6 heteroatoms. The van der Waals surface area contributed by atoms with E-state index in [1.165, 1.54) is 12.1 Å². The summed E-state index contributed by atoms with van der Waals surface area (Å²) in [6, 6.07) is 3.01. The first kappa shape index (κ1) is 17.7. The fraction of sp³-hybridized carbons (Fsp3) is 0.533. The smallest absolute Gasteiger partial charge is 0.238 e. The molecule has 0 saturated carbocycles. The molecule has 21 heavy (non-hydrogen) atoms. The number of aryl methyl sites for hydroxylation is 2. The van der Waals surface area contributed by atoms with Crippen molar-refractivity contribution < 1.29 is 13.2 Å². The summed E-state index contributed by atoms with van der Waals surface area (Å²) in [5, 5.41) is 8.06. The van der Waals surface area contributed by atoms with Crippen LogP contribution in [0.15, 0.2) is 17.0 Å². The molecule has 0 aliphatic heterocycles. The van der Waals surface area contributed by atoms with Crippen molar-refractivity contribution in [3.05, 3.63) is 23.3 Å². The Morgan fingerprint density at radius 1 is 1.29 bits per heavy atom. The predicted molar refractivity (Wildman–Crippen MR) is 84.6 cm³/mol. The average Bonchev–Trinajstić information content (AvgIpc) is 2.27. The molecular weight excluding hydrogens is 288 g/mol. The zero-order chi connectivity index (χ0) is 16.4. The van der Waals surface area contributed by atoms with E-state index in [1.807, 2.05) is 27.7 Å². The SMILES string of the molecule is CCc1cc(S(N)(=O)=O)cc(C)c1NC(=O)CC(C)(C)C. The third-order valence-electron chi connectivity index (χ3n) is 3.06. The van der Waals surface area contributed by atoms with Gasteiger partial charge in [0.05, 0.1) is 4.90 Å². The van der Waals surface area contributed by atoms with E-state index in [-0.39, 0.29) is 16.2 Å². The van der Waals surface area contributed by atoms with E-state index < -0.39 is 10.0 Å². The van der Waals surface area contributed by atoms with Crippen molar-refractivity contribution in [2.24, 2.45) is 10.6 Å². The summed E-state index contributed by atoms with van der Waals surface area (Å²) in [5.74, 6) is -0.0799. The normalized spacial score (nSPS) is 12.3. The third-order valence-corrected chi connectivity index (χ3v) is 3.95. The van der Waals surface area contributed by atoms with E-state index in [2.05, 4.69) is 5.32 Å². The second-order valence-electron chi connectivity index (χ2n) is 6.46. The maximum absolute atomic E-state index is 12.1. The highest BCUT2D eigenvalue weighted by atomic mass is 32.2. The summed E-state index contributed by atoms with van der Waals surface area (Å²) in [6.45, 7) is 9.64.